The Hall–Kier alpha value is -6.26. The third-order valence-electron chi connectivity index (χ3n) is 13.8. The average Bonchev–Trinajstić information content (AvgIpc) is 3.79. The van der Waals surface area contributed by atoms with E-state index in [1.807, 2.05) is 94.7 Å². The van der Waals surface area contributed by atoms with Crippen LogP contribution in [0.2, 0.25) is 0 Å². The topological polar surface area (TPSA) is 135 Å². The van der Waals surface area contributed by atoms with Crippen molar-refractivity contribution in [2.24, 2.45) is 5.92 Å². The molecule has 1 spiro atoms. The van der Waals surface area contributed by atoms with E-state index in [-0.39, 0.29) is 38.0 Å². The van der Waals surface area contributed by atoms with E-state index in [4.69, 9.17) is 18.9 Å². The van der Waals surface area contributed by atoms with Gasteiger partial charge in [-0.1, -0.05) is 110 Å². The molecule has 3 amide bonds. The van der Waals surface area contributed by atoms with Gasteiger partial charge in [-0.2, -0.15) is 0 Å². The van der Waals surface area contributed by atoms with Crippen LogP contribution in [0.4, 0.5) is 10.5 Å². The summed E-state index contributed by atoms with van der Waals surface area (Å²) in [6.45, 7) is 0.642. The Balaban J connectivity index is 1.36. The fourth-order valence-electron chi connectivity index (χ4n) is 10.9. The number of aliphatic hydroxyl groups excluding tert-OH is 1. The summed E-state index contributed by atoms with van der Waals surface area (Å²) in [6.07, 6.45) is 8.82. The number of imide groups is 1. The largest absolute Gasteiger partial charge is 0.491 e. The number of anilines is 1. The highest BCUT2D eigenvalue weighted by Crippen LogP contribution is 2.66. The Morgan fingerprint density at radius 3 is 2.21 bits per heavy atom. The minimum Gasteiger partial charge on any atom is -0.491 e. The molecule has 4 aromatic rings. The lowest BCUT2D eigenvalue weighted by atomic mass is 9.64. The molecule has 0 saturated carbocycles. The summed E-state index contributed by atoms with van der Waals surface area (Å²) >= 11 is 0. The van der Waals surface area contributed by atoms with Gasteiger partial charge in [0.1, 0.15) is 36.5 Å². The molecule has 9 rings (SSSR count). The van der Waals surface area contributed by atoms with Crippen LogP contribution in [0.15, 0.2) is 115 Å². The maximum Gasteiger partial charge on any atom is 0.421 e. The number of hydrogen-bond donors (Lipinski definition) is 1. The molecule has 1 aliphatic carbocycles. The molecule has 0 radical (unpaired) electrons. The lowest BCUT2D eigenvalue weighted by Crippen LogP contribution is -2.56. The second-order valence-electron chi connectivity index (χ2n) is 17.7. The molecule has 4 heterocycles. The molecule has 4 aromatic carbocycles. The number of hydrogen-bond acceptors (Lipinski definition) is 10. The van der Waals surface area contributed by atoms with Crippen molar-refractivity contribution in [2.45, 2.75) is 87.4 Å². The van der Waals surface area contributed by atoms with Crippen molar-refractivity contribution in [3.05, 3.63) is 143 Å². The van der Waals surface area contributed by atoms with Crippen molar-refractivity contribution >= 4 is 29.6 Å². The first kappa shape index (κ1) is 44.9. The van der Waals surface area contributed by atoms with Crippen LogP contribution in [0.3, 0.4) is 0 Å². The molecular formula is C54H57N3O9. The highest BCUT2D eigenvalue weighted by molar-refractivity contribution is 6.23. The number of allylic oxidation sites excluding steroid dienone is 2. The Morgan fingerprint density at radius 1 is 0.773 bits per heavy atom. The molecule has 1 N–H and O–H groups in total. The smallest absolute Gasteiger partial charge is 0.421 e. The number of fused-ring (bicyclic) bond motifs is 3. The average molecular weight is 892 g/mol. The first-order valence-corrected chi connectivity index (χ1v) is 23.4. The van der Waals surface area contributed by atoms with Crippen LogP contribution in [0, 0.1) is 17.8 Å². The summed E-state index contributed by atoms with van der Waals surface area (Å²) in [5, 5.41) is 9.83. The third kappa shape index (κ3) is 8.40. The Labute approximate surface area is 386 Å². The number of cyclic esters (lactones) is 1. The molecule has 6 unspecified atom stereocenters. The molecule has 342 valence electrons. The highest BCUT2D eigenvalue weighted by atomic mass is 16.6. The van der Waals surface area contributed by atoms with E-state index < -0.39 is 53.5 Å². The van der Waals surface area contributed by atoms with Crippen LogP contribution in [-0.4, -0.2) is 91.5 Å². The standard InChI is InChI=1S/C54H57N3O9/c1-63-33-34-65-53(62)56-44-28-27-38(26-25-37-17-8-5-9-18-37)35-43(44)54(52(56)61)45(50(59)55-29-14-3-2-4-15-30-55)47-51(60)66-48(40-21-12-7-13-22-40)46(39-19-10-6-11-20-39)57(47)49(54)41-23-16-24-42(36-41)64-32-31-58/h6-7,10-13,16-17,19-24,27-28,35-36,45-49,58H,2-5,8-9,14-15,18,29-34H2,1H3. The number of amides is 3. The normalized spacial score (nSPS) is 25.1. The lowest BCUT2D eigenvalue weighted by molar-refractivity contribution is -0.179. The van der Waals surface area contributed by atoms with Crippen molar-refractivity contribution in [3.63, 3.8) is 0 Å². The number of rotatable bonds is 10. The predicted octanol–water partition coefficient (Wildman–Crippen LogP) is 8.15. The van der Waals surface area contributed by atoms with Gasteiger partial charge in [-0.3, -0.25) is 19.3 Å². The summed E-state index contributed by atoms with van der Waals surface area (Å²) in [5.74, 6) is 4.09. The number of esters is 1. The molecule has 0 aromatic heterocycles. The zero-order chi connectivity index (χ0) is 45.6. The fourth-order valence-corrected chi connectivity index (χ4v) is 10.9. The molecule has 4 aliphatic heterocycles. The van der Waals surface area contributed by atoms with E-state index in [2.05, 4.69) is 17.9 Å². The van der Waals surface area contributed by atoms with Gasteiger partial charge >= 0.3 is 12.1 Å². The zero-order valence-electron chi connectivity index (χ0n) is 37.4. The second-order valence-corrected chi connectivity index (χ2v) is 17.7. The number of nitrogens with zero attached hydrogens (tertiary/aromatic N) is 3. The monoisotopic (exact) mass is 891 g/mol. The van der Waals surface area contributed by atoms with Crippen LogP contribution in [0.5, 0.6) is 5.75 Å². The van der Waals surface area contributed by atoms with E-state index in [1.165, 1.54) is 7.11 Å². The first-order chi connectivity index (χ1) is 32.4. The maximum absolute atomic E-state index is 16.5. The van der Waals surface area contributed by atoms with Crippen LogP contribution in [0.1, 0.15) is 104 Å². The molecular weight excluding hydrogens is 835 g/mol. The molecule has 0 bridgehead atoms. The minimum absolute atomic E-state index is 0.0119. The Morgan fingerprint density at radius 2 is 1.50 bits per heavy atom. The van der Waals surface area contributed by atoms with Gasteiger partial charge in [0.05, 0.1) is 36.9 Å². The van der Waals surface area contributed by atoms with Gasteiger partial charge in [-0.05, 0) is 96.7 Å². The van der Waals surface area contributed by atoms with Crippen LogP contribution < -0.4 is 9.64 Å². The van der Waals surface area contributed by atoms with E-state index in [0.717, 1.165) is 79.4 Å². The van der Waals surface area contributed by atoms with Gasteiger partial charge in [-0.25, -0.2) is 9.69 Å². The van der Waals surface area contributed by atoms with E-state index in [1.54, 1.807) is 18.2 Å². The van der Waals surface area contributed by atoms with Gasteiger partial charge < -0.3 is 29.0 Å². The Kier molecular flexibility index (Phi) is 13.7. The van der Waals surface area contributed by atoms with Crippen LogP contribution >= 0.6 is 0 Å². The minimum atomic E-state index is -1.94. The molecule has 6 atom stereocenters. The van der Waals surface area contributed by atoms with E-state index in [0.29, 0.717) is 35.5 Å². The van der Waals surface area contributed by atoms with Gasteiger partial charge in [0.25, 0.3) is 0 Å². The molecule has 3 fully saturated rings. The van der Waals surface area contributed by atoms with Gasteiger partial charge in [0, 0.05) is 25.8 Å². The van der Waals surface area contributed by atoms with Crippen LogP contribution in [-0.2, 0) is 34.0 Å². The second kappa shape index (κ2) is 20.1. The summed E-state index contributed by atoms with van der Waals surface area (Å²) < 4.78 is 23.7. The number of benzene rings is 4. The van der Waals surface area contributed by atoms with Gasteiger partial charge in [-0.15, -0.1) is 0 Å². The number of ether oxygens (including phenoxy) is 4. The highest BCUT2D eigenvalue weighted by Gasteiger charge is 2.76. The van der Waals surface area contributed by atoms with Crippen molar-refractivity contribution < 1.29 is 43.2 Å². The number of morpholine rings is 1. The van der Waals surface area contributed by atoms with Crippen molar-refractivity contribution in [1.82, 2.24) is 9.80 Å². The molecule has 12 nitrogen and oxygen atoms in total. The molecule has 5 aliphatic rings. The molecule has 66 heavy (non-hydrogen) atoms. The van der Waals surface area contributed by atoms with E-state index in [9.17, 15) is 9.90 Å². The predicted molar refractivity (Wildman–Crippen MR) is 247 cm³/mol. The Bertz CT molecular complexity index is 2510. The SMILES string of the molecule is COCCOC(=O)N1C(=O)C2(c3cc(C#CC4=CCCCC4)ccc31)C(C(=O)N1CCCCCCC1)C1C(=O)OC(c3ccccc3)C(c3ccccc3)N1C2c1cccc(OCCO)c1. The van der Waals surface area contributed by atoms with Crippen LogP contribution in [0.25, 0.3) is 0 Å². The number of aliphatic hydroxyl groups is 1. The number of carbonyl (C=O) groups is 4. The quantitative estimate of drug-likeness (QED) is 0.0945. The summed E-state index contributed by atoms with van der Waals surface area (Å²) in [6, 6.07) is 28.8. The van der Waals surface area contributed by atoms with Gasteiger partial charge in [0.15, 0.2) is 0 Å². The fraction of sp³-hybridized carbons (Fsp3) is 0.407. The van der Waals surface area contributed by atoms with Crippen molar-refractivity contribution in [3.8, 4) is 17.6 Å². The number of likely N-dealkylation sites (tertiary alicyclic amines) is 1. The first-order valence-electron chi connectivity index (χ1n) is 23.4. The van der Waals surface area contributed by atoms with E-state index >= 15 is 14.4 Å². The third-order valence-corrected chi connectivity index (χ3v) is 13.8. The van der Waals surface area contributed by atoms with Gasteiger partial charge in [0.2, 0.25) is 11.8 Å². The lowest BCUT2D eigenvalue weighted by Gasteiger charge is -2.46. The zero-order valence-corrected chi connectivity index (χ0v) is 37.4. The maximum atomic E-state index is 16.5. The van der Waals surface area contributed by atoms with Crippen molar-refractivity contribution in [2.75, 3.05) is 51.5 Å². The molecule has 3 saturated heterocycles. The number of methoxy groups -OCH3 is 1. The van der Waals surface area contributed by atoms with Crippen molar-refractivity contribution in [1.29, 1.82) is 0 Å². The molecule has 12 heteroatoms. The summed E-state index contributed by atoms with van der Waals surface area (Å²) in [7, 11) is 1.49. The summed E-state index contributed by atoms with van der Waals surface area (Å²) in [4.78, 5) is 67.7. The number of carbonyl (C=O) groups excluding carboxylic acids is 4. The summed E-state index contributed by atoms with van der Waals surface area (Å²) in [5.41, 5.74) is 2.44.